The fourth-order valence-corrected chi connectivity index (χ4v) is 3.03. The van der Waals surface area contributed by atoms with E-state index >= 15 is 0 Å². The number of hydrogen-bond donors (Lipinski definition) is 1. The highest BCUT2D eigenvalue weighted by Crippen LogP contribution is 2.26. The number of rotatable bonds is 3. The molecular formula is C11H18BrN3. The molecule has 0 spiro atoms. The lowest BCUT2D eigenvalue weighted by Gasteiger charge is -2.23. The maximum Gasteiger partial charge on any atom is 0.110 e. The molecule has 1 aliphatic rings. The molecule has 2 heterocycles. The molecule has 84 valence electrons. The number of nitrogens with zero attached hydrogens (tertiary/aromatic N) is 2. The zero-order chi connectivity index (χ0) is 10.8. The molecule has 0 aromatic carbocycles. The lowest BCUT2D eigenvalue weighted by molar-refractivity contribution is 0.369. The van der Waals surface area contributed by atoms with E-state index in [-0.39, 0.29) is 0 Å². The summed E-state index contributed by atoms with van der Waals surface area (Å²) in [5.41, 5.74) is 1.20. The average Bonchev–Trinajstić information content (AvgIpc) is 2.56. The summed E-state index contributed by atoms with van der Waals surface area (Å²) in [5.74, 6) is 2.01. The summed E-state index contributed by atoms with van der Waals surface area (Å²) < 4.78 is 3.52. The van der Waals surface area contributed by atoms with Gasteiger partial charge in [-0.15, -0.1) is 0 Å². The molecule has 3 nitrogen and oxygen atoms in total. The second-order valence-electron chi connectivity index (χ2n) is 4.19. The van der Waals surface area contributed by atoms with E-state index in [1.54, 1.807) is 0 Å². The highest BCUT2D eigenvalue weighted by atomic mass is 79.9. The first-order valence-corrected chi connectivity index (χ1v) is 6.44. The predicted octanol–water partition coefficient (Wildman–Crippen LogP) is 1.99. The molecule has 0 fully saturated rings. The Morgan fingerprint density at radius 2 is 2.40 bits per heavy atom. The molecular weight excluding hydrogens is 254 g/mol. The summed E-state index contributed by atoms with van der Waals surface area (Å²) in [4.78, 5) is 4.69. The summed E-state index contributed by atoms with van der Waals surface area (Å²) in [6.07, 6.45) is 3.38. The molecule has 0 saturated carbocycles. The van der Waals surface area contributed by atoms with Crippen LogP contribution in [0.5, 0.6) is 0 Å². The molecule has 2 rings (SSSR count). The zero-order valence-corrected chi connectivity index (χ0v) is 11.0. The molecule has 0 bridgehead atoms. The topological polar surface area (TPSA) is 29.9 Å². The van der Waals surface area contributed by atoms with Gasteiger partial charge in [0, 0.05) is 13.0 Å². The molecule has 0 amide bonds. The van der Waals surface area contributed by atoms with Crippen LogP contribution >= 0.6 is 15.9 Å². The minimum absolute atomic E-state index is 0.751. The summed E-state index contributed by atoms with van der Waals surface area (Å²) in [5, 5.41) is 3.25. The molecule has 1 aromatic heterocycles. The van der Waals surface area contributed by atoms with Crippen LogP contribution in [0.3, 0.4) is 0 Å². The van der Waals surface area contributed by atoms with E-state index in [1.807, 2.05) is 7.05 Å². The standard InChI is InChI=1S/C11H18BrN3/c1-3-9-11(12)15-5-4-8(7-13-2)6-10(15)14-9/h8,13H,3-7H2,1-2H3. The Balaban J connectivity index is 2.19. The quantitative estimate of drug-likeness (QED) is 0.912. The van der Waals surface area contributed by atoms with Crippen molar-refractivity contribution in [2.75, 3.05) is 13.6 Å². The molecule has 1 N–H and O–H groups in total. The van der Waals surface area contributed by atoms with Crippen LogP contribution in [0.2, 0.25) is 0 Å². The van der Waals surface area contributed by atoms with E-state index in [4.69, 9.17) is 0 Å². The highest BCUT2D eigenvalue weighted by molar-refractivity contribution is 9.10. The summed E-state index contributed by atoms with van der Waals surface area (Å²) in [7, 11) is 2.02. The van der Waals surface area contributed by atoms with Crippen LogP contribution in [-0.4, -0.2) is 23.1 Å². The number of imidazole rings is 1. The Hall–Kier alpha value is -0.350. The lowest BCUT2D eigenvalue weighted by atomic mass is 9.98. The average molecular weight is 272 g/mol. The summed E-state index contributed by atoms with van der Waals surface area (Å²) >= 11 is 3.64. The smallest absolute Gasteiger partial charge is 0.110 e. The first-order chi connectivity index (χ1) is 7.26. The Morgan fingerprint density at radius 1 is 1.60 bits per heavy atom. The van der Waals surface area contributed by atoms with Gasteiger partial charge in [0.05, 0.1) is 5.69 Å². The minimum atomic E-state index is 0.751. The van der Waals surface area contributed by atoms with Crippen molar-refractivity contribution in [3.05, 3.63) is 16.1 Å². The van der Waals surface area contributed by atoms with Crippen molar-refractivity contribution in [2.45, 2.75) is 32.7 Å². The van der Waals surface area contributed by atoms with Crippen molar-refractivity contribution in [2.24, 2.45) is 5.92 Å². The van der Waals surface area contributed by atoms with Gasteiger partial charge in [-0.1, -0.05) is 6.92 Å². The second-order valence-corrected chi connectivity index (χ2v) is 4.94. The third-order valence-corrected chi connectivity index (χ3v) is 4.00. The second kappa shape index (κ2) is 4.66. The largest absolute Gasteiger partial charge is 0.323 e. The number of nitrogens with one attached hydrogen (secondary N) is 1. The molecule has 4 heteroatoms. The van der Waals surface area contributed by atoms with Crippen LogP contribution in [0.1, 0.15) is 24.9 Å². The molecule has 0 saturated heterocycles. The lowest BCUT2D eigenvalue weighted by Crippen LogP contribution is -2.27. The zero-order valence-electron chi connectivity index (χ0n) is 9.39. The van der Waals surface area contributed by atoms with E-state index in [9.17, 15) is 0 Å². The molecule has 1 aromatic rings. The number of fused-ring (bicyclic) bond motifs is 1. The van der Waals surface area contributed by atoms with Gasteiger partial charge in [-0.3, -0.25) is 0 Å². The van der Waals surface area contributed by atoms with Crippen molar-refractivity contribution >= 4 is 15.9 Å². The van der Waals surface area contributed by atoms with Gasteiger partial charge in [-0.05, 0) is 48.3 Å². The maximum absolute atomic E-state index is 4.69. The van der Waals surface area contributed by atoms with Crippen LogP contribution in [0.25, 0.3) is 0 Å². The molecule has 1 aliphatic heterocycles. The molecule has 1 atom stereocenters. The van der Waals surface area contributed by atoms with Crippen LogP contribution in [-0.2, 0) is 19.4 Å². The van der Waals surface area contributed by atoms with Gasteiger partial charge in [-0.2, -0.15) is 0 Å². The van der Waals surface area contributed by atoms with Crippen molar-refractivity contribution in [3.63, 3.8) is 0 Å². The van der Waals surface area contributed by atoms with Gasteiger partial charge in [0.25, 0.3) is 0 Å². The number of halogens is 1. The Bertz CT molecular complexity index is 346. The summed E-state index contributed by atoms with van der Waals surface area (Å²) in [6.45, 7) is 4.37. The van der Waals surface area contributed by atoms with Crippen molar-refractivity contribution in [1.82, 2.24) is 14.9 Å². The maximum atomic E-state index is 4.69. The van der Waals surface area contributed by atoms with Crippen LogP contribution < -0.4 is 5.32 Å². The SMILES string of the molecule is CCc1nc2n(c1Br)CCC(CNC)C2. The number of aromatic nitrogens is 2. The Morgan fingerprint density at radius 3 is 3.07 bits per heavy atom. The first-order valence-electron chi connectivity index (χ1n) is 5.64. The van der Waals surface area contributed by atoms with Gasteiger partial charge in [0.15, 0.2) is 0 Å². The normalized spacial score (nSPS) is 20.3. The molecule has 0 aliphatic carbocycles. The third kappa shape index (κ3) is 2.11. The van der Waals surface area contributed by atoms with Crippen LogP contribution in [0.4, 0.5) is 0 Å². The molecule has 15 heavy (non-hydrogen) atoms. The van der Waals surface area contributed by atoms with Crippen molar-refractivity contribution in [3.8, 4) is 0 Å². The van der Waals surface area contributed by atoms with Crippen LogP contribution in [0, 0.1) is 5.92 Å². The number of hydrogen-bond acceptors (Lipinski definition) is 2. The van der Waals surface area contributed by atoms with Gasteiger partial charge in [0.2, 0.25) is 0 Å². The fourth-order valence-electron chi connectivity index (χ4n) is 2.27. The van der Waals surface area contributed by atoms with Crippen molar-refractivity contribution < 1.29 is 0 Å². The van der Waals surface area contributed by atoms with Gasteiger partial charge >= 0.3 is 0 Å². The van der Waals surface area contributed by atoms with Crippen LogP contribution in [0.15, 0.2) is 4.60 Å². The van der Waals surface area contributed by atoms with E-state index in [0.717, 1.165) is 31.8 Å². The highest BCUT2D eigenvalue weighted by Gasteiger charge is 2.22. The van der Waals surface area contributed by atoms with Crippen molar-refractivity contribution in [1.29, 1.82) is 0 Å². The van der Waals surface area contributed by atoms with Gasteiger partial charge in [-0.25, -0.2) is 4.98 Å². The minimum Gasteiger partial charge on any atom is -0.323 e. The molecule has 1 unspecified atom stereocenters. The van der Waals surface area contributed by atoms with E-state index < -0.39 is 0 Å². The first kappa shape index (κ1) is 11.1. The van der Waals surface area contributed by atoms with Gasteiger partial charge in [0.1, 0.15) is 10.4 Å². The fraction of sp³-hybridized carbons (Fsp3) is 0.727. The molecule has 0 radical (unpaired) electrons. The van der Waals surface area contributed by atoms with Gasteiger partial charge < -0.3 is 9.88 Å². The predicted molar refractivity (Wildman–Crippen MR) is 65.0 cm³/mol. The Kier molecular flexibility index (Phi) is 3.46. The number of aryl methyl sites for hydroxylation is 1. The van der Waals surface area contributed by atoms with E-state index in [1.165, 1.54) is 22.5 Å². The van der Waals surface area contributed by atoms with E-state index in [2.05, 4.69) is 37.7 Å². The summed E-state index contributed by atoms with van der Waals surface area (Å²) in [6, 6.07) is 0. The van der Waals surface area contributed by atoms with E-state index in [0.29, 0.717) is 0 Å². The monoisotopic (exact) mass is 271 g/mol. The third-order valence-electron chi connectivity index (χ3n) is 3.11. The Labute approximate surface area is 99.4 Å².